The number of fused-ring (bicyclic) bond motifs is 2. The number of piperidine rings is 1. The van der Waals surface area contributed by atoms with E-state index in [-0.39, 0.29) is 24.0 Å². The van der Waals surface area contributed by atoms with E-state index in [1.54, 1.807) is 0 Å². The molecular weight excluding hydrogens is 488 g/mol. The number of benzene rings is 2. The quantitative estimate of drug-likeness (QED) is 0.435. The van der Waals surface area contributed by atoms with Crippen molar-refractivity contribution in [2.45, 2.75) is 37.8 Å². The highest BCUT2D eigenvalue weighted by Gasteiger charge is 2.48. The number of hydrogen-bond donors (Lipinski definition) is 0. The Labute approximate surface area is 190 Å². The fourth-order valence-corrected chi connectivity index (χ4v) is 5.35. The van der Waals surface area contributed by atoms with Gasteiger partial charge in [-0.1, -0.05) is 53.5 Å². The van der Waals surface area contributed by atoms with E-state index < -0.39 is 0 Å². The van der Waals surface area contributed by atoms with Gasteiger partial charge < -0.3 is 28.5 Å². The third-order valence-electron chi connectivity index (χ3n) is 6.54. The van der Waals surface area contributed by atoms with Crippen molar-refractivity contribution in [3.8, 4) is 0 Å². The molecule has 0 aromatic heterocycles. The third-order valence-corrected chi connectivity index (χ3v) is 7.01. The summed E-state index contributed by atoms with van der Waals surface area (Å²) in [4.78, 5) is 0. The predicted octanol–water partition coefficient (Wildman–Crippen LogP) is 3.45. The van der Waals surface area contributed by atoms with Crippen LogP contribution < -0.4 is 24.0 Å². The zero-order valence-electron chi connectivity index (χ0n) is 15.8. The first-order chi connectivity index (χ1) is 12.4. The Bertz CT molecular complexity index is 782. The first-order valence-corrected chi connectivity index (χ1v) is 10.3. The number of quaternary nitrogens is 1. The van der Waals surface area contributed by atoms with Gasteiger partial charge in [0.2, 0.25) is 0 Å². The van der Waals surface area contributed by atoms with E-state index >= 15 is 0 Å². The highest BCUT2D eigenvalue weighted by Crippen LogP contribution is 2.43. The van der Waals surface area contributed by atoms with Gasteiger partial charge in [-0.05, 0) is 46.9 Å². The van der Waals surface area contributed by atoms with Crippen molar-refractivity contribution in [1.82, 2.24) is 0 Å². The maximum Gasteiger partial charge on any atom is 0.0896 e. The molecule has 27 heavy (non-hydrogen) atoms. The fourth-order valence-electron chi connectivity index (χ4n) is 4.97. The van der Waals surface area contributed by atoms with Gasteiger partial charge in [-0.3, -0.25) is 0 Å². The lowest BCUT2D eigenvalue weighted by Crippen LogP contribution is -3.00. The van der Waals surface area contributed by atoms with Gasteiger partial charge in [0.05, 0.1) is 26.2 Å². The average Bonchev–Trinajstić information content (AvgIpc) is 2.77. The molecule has 2 aromatic rings. The lowest BCUT2D eigenvalue weighted by Gasteiger charge is -2.44. The number of allylic oxidation sites excluding steroid dienone is 1. The van der Waals surface area contributed by atoms with Crippen LogP contribution in [0, 0.1) is 5.92 Å². The molecular formula is C23H26Cl2IN. The Morgan fingerprint density at radius 1 is 0.889 bits per heavy atom. The molecule has 2 aliphatic heterocycles. The van der Waals surface area contributed by atoms with E-state index in [2.05, 4.69) is 44.4 Å². The van der Waals surface area contributed by atoms with Crippen molar-refractivity contribution >= 4 is 28.8 Å². The van der Waals surface area contributed by atoms with Crippen LogP contribution in [0.1, 0.15) is 36.8 Å². The van der Waals surface area contributed by atoms with Crippen LogP contribution in [-0.4, -0.2) is 30.7 Å². The summed E-state index contributed by atoms with van der Waals surface area (Å²) in [6.07, 6.45) is 7.77. The summed E-state index contributed by atoms with van der Waals surface area (Å²) in [5.41, 5.74) is 3.60. The molecule has 2 bridgehead atoms. The minimum atomic E-state index is 0. The third kappa shape index (κ3) is 4.39. The second-order valence-corrected chi connectivity index (χ2v) is 9.22. The summed E-state index contributed by atoms with van der Waals surface area (Å²) in [6.45, 7) is 0. The molecule has 4 heteroatoms. The van der Waals surface area contributed by atoms with E-state index in [4.69, 9.17) is 23.2 Å². The molecule has 0 N–H and O–H groups in total. The van der Waals surface area contributed by atoms with Crippen molar-refractivity contribution in [2.24, 2.45) is 5.92 Å². The van der Waals surface area contributed by atoms with Gasteiger partial charge in [0, 0.05) is 35.7 Å². The molecule has 0 radical (unpaired) electrons. The first-order valence-electron chi connectivity index (χ1n) is 9.50. The molecule has 1 nitrogen and oxygen atoms in total. The molecule has 2 aliphatic rings. The first kappa shape index (κ1) is 21.2. The molecule has 144 valence electrons. The SMILES string of the molecule is C[N+]1(C)[C@H]2CC[C@H]1CC(C=C(c1cccc(Cl)c1)c1cccc(Cl)c1)C2.[I-]. The van der Waals surface area contributed by atoms with Crippen LogP contribution in [0.4, 0.5) is 0 Å². The number of rotatable bonds is 3. The Kier molecular flexibility index (Phi) is 6.62. The second kappa shape index (κ2) is 8.44. The average molecular weight is 514 g/mol. The smallest absolute Gasteiger partial charge is 0.0896 e. The summed E-state index contributed by atoms with van der Waals surface area (Å²) in [6, 6.07) is 17.9. The molecule has 0 aliphatic carbocycles. The van der Waals surface area contributed by atoms with Crippen LogP contribution >= 0.6 is 23.2 Å². The Hall–Kier alpha value is -0.550. The number of halogens is 3. The fraction of sp³-hybridized carbons (Fsp3) is 0.391. The molecule has 0 spiro atoms. The monoisotopic (exact) mass is 513 g/mol. The Balaban J connectivity index is 0.00000210. The van der Waals surface area contributed by atoms with Gasteiger partial charge in [-0.25, -0.2) is 0 Å². The van der Waals surface area contributed by atoms with E-state index in [0.29, 0.717) is 5.92 Å². The van der Waals surface area contributed by atoms with Gasteiger partial charge in [0.15, 0.2) is 0 Å². The van der Waals surface area contributed by atoms with Gasteiger partial charge in [-0.2, -0.15) is 0 Å². The molecule has 2 heterocycles. The molecule has 2 aromatic carbocycles. The maximum atomic E-state index is 6.29. The number of hydrogen-bond acceptors (Lipinski definition) is 0. The highest BCUT2D eigenvalue weighted by molar-refractivity contribution is 6.31. The summed E-state index contributed by atoms with van der Waals surface area (Å²) in [5.74, 6) is 0.617. The van der Waals surface area contributed by atoms with Crippen molar-refractivity contribution < 1.29 is 28.5 Å². The minimum absolute atomic E-state index is 0. The maximum absolute atomic E-state index is 6.29. The molecule has 0 amide bonds. The van der Waals surface area contributed by atoms with Crippen LogP contribution in [0.25, 0.3) is 5.57 Å². The zero-order chi connectivity index (χ0) is 18.3. The van der Waals surface area contributed by atoms with Crippen LogP contribution in [0.2, 0.25) is 10.0 Å². The van der Waals surface area contributed by atoms with Crippen LogP contribution in [0.5, 0.6) is 0 Å². The zero-order valence-corrected chi connectivity index (χ0v) is 19.5. The molecule has 2 fully saturated rings. The summed E-state index contributed by atoms with van der Waals surface area (Å²) < 4.78 is 1.20. The van der Waals surface area contributed by atoms with Crippen molar-refractivity contribution in [3.05, 3.63) is 75.8 Å². The highest BCUT2D eigenvalue weighted by atomic mass is 127. The van der Waals surface area contributed by atoms with E-state index in [1.807, 2.05) is 24.3 Å². The predicted molar refractivity (Wildman–Crippen MR) is 112 cm³/mol. The van der Waals surface area contributed by atoms with E-state index in [0.717, 1.165) is 22.1 Å². The van der Waals surface area contributed by atoms with Crippen molar-refractivity contribution in [3.63, 3.8) is 0 Å². The second-order valence-electron chi connectivity index (χ2n) is 8.35. The van der Waals surface area contributed by atoms with Gasteiger partial charge >= 0.3 is 0 Å². The van der Waals surface area contributed by atoms with E-state index in [9.17, 15) is 0 Å². The number of nitrogens with zero attached hydrogens (tertiary/aromatic N) is 1. The Morgan fingerprint density at radius 2 is 1.37 bits per heavy atom. The molecule has 4 rings (SSSR count). The lowest BCUT2D eigenvalue weighted by molar-refractivity contribution is -0.931. The molecule has 2 saturated heterocycles. The van der Waals surface area contributed by atoms with Crippen LogP contribution in [0.15, 0.2) is 54.6 Å². The largest absolute Gasteiger partial charge is 1.00 e. The van der Waals surface area contributed by atoms with Crippen molar-refractivity contribution in [2.75, 3.05) is 14.1 Å². The normalized spacial score (nSPS) is 25.6. The summed E-state index contributed by atoms with van der Waals surface area (Å²) >= 11 is 12.6. The molecule has 2 atom stereocenters. The molecule has 0 saturated carbocycles. The van der Waals surface area contributed by atoms with Gasteiger partial charge in [-0.15, -0.1) is 0 Å². The summed E-state index contributed by atoms with van der Waals surface area (Å²) in [5, 5.41) is 1.55. The van der Waals surface area contributed by atoms with Crippen LogP contribution in [-0.2, 0) is 0 Å². The Morgan fingerprint density at radius 3 is 1.81 bits per heavy atom. The van der Waals surface area contributed by atoms with E-state index in [1.165, 1.54) is 46.9 Å². The van der Waals surface area contributed by atoms with Crippen molar-refractivity contribution in [1.29, 1.82) is 0 Å². The standard InChI is InChI=1S/C23H26Cl2N.HI/c1-26(2)21-9-10-22(26)12-16(11-21)13-23(17-5-3-7-19(24)14-17)18-6-4-8-20(25)15-18;/h3-8,13-16,21-22H,9-12H2,1-2H3;1H/q+1;/p-1/t21-,22-;/m0./s1. The van der Waals surface area contributed by atoms with Gasteiger partial charge in [0.1, 0.15) is 0 Å². The summed E-state index contributed by atoms with van der Waals surface area (Å²) in [7, 11) is 4.83. The minimum Gasteiger partial charge on any atom is -1.00 e. The topological polar surface area (TPSA) is 0 Å². The van der Waals surface area contributed by atoms with Crippen LogP contribution in [0.3, 0.4) is 0 Å². The van der Waals surface area contributed by atoms with Gasteiger partial charge in [0.25, 0.3) is 0 Å². The molecule has 0 unspecified atom stereocenters. The lowest BCUT2D eigenvalue weighted by atomic mass is 9.85.